The van der Waals surface area contributed by atoms with Crippen LogP contribution in [0.3, 0.4) is 0 Å². The molecule has 5 rings (SSSR count). The third kappa shape index (κ3) is 4.64. The van der Waals surface area contributed by atoms with Crippen molar-refractivity contribution in [2.24, 2.45) is 0 Å². The molecule has 0 spiro atoms. The lowest BCUT2D eigenvalue weighted by molar-refractivity contribution is 0.0730. The molecule has 0 saturated carbocycles. The Morgan fingerprint density at radius 2 is 1.74 bits per heavy atom. The standard InChI is InChI=1S/C24H26N6O7S/c1-34-19-5-4-14(38(32,33)30-6-8-37-9-7-30)10-15(19)24(31)28-18-13-25-29-22(18)23-26-16-11-20(35-2)21(36-3)12-17(16)27-23/h4-5,10-13H,6-9H2,1-3H3,(H,25,29)(H,26,27)(H,28,31). The molecule has 1 amide bonds. The van der Waals surface area contributed by atoms with Gasteiger partial charge < -0.3 is 29.2 Å². The Balaban J connectivity index is 1.45. The molecule has 1 aliphatic rings. The maximum atomic E-state index is 13.3. The number of aromatic nitrogens is 4. The van der Waals surface area contributed by atoms with Crippen molar-refractivity contribution in [1.82, 2.24) is 24.5 Å². The molecule has 4 aromatic rings. The molecule has 200 valence electrons. The fraction of sp³-hybridized carbons (Fsp3) is 0.292. The molecule has 0 radical (unpaired) electrons. The van der Waals surface area contributed by atoms with E-state index in [1.165, 1.54) is 42.9 Å². The minimum Gasteiger partial charge on any atom is -0.496 e. The number of nitrogens with one attached hydrogen (secondary N) is 3. The lowest BCUT2D eigenvalue weighted by Gasteiger charge is -2.26. The molecule has 13 nitrogen and oxygen atoms in total. The van der Waals surface area contributed by atoms with Crippen LogP contribution in [0.4, 0.5) is 5.69 Å². The van der Waals surface area contributed by atoms with Gasteiger partial charge in [0.25, 0.3) is 5.91 Å². The van der Waals surface area contributed by atoms with Gasteiger partial charge in [-0.3, -0.25) is 9.89 Å². The summed E-state index contributed by atoms with van der Waals surface area (Å²) in [6.45, 7) is 1.10. The van der Waals surface area contributed by atoms with E-state index in [4.69, 9.17) is 18.9 Å². The Kier molecular flexibility index (Phi) is 6.93. The van der Waals surface area contributed by atoms with Crippen LogP contribution in [0, 0.1) is 0 Å². The molecule has 0 unspecified atom stereocenters. The second kappa shape index (κ2) is 10.3. The summed E-state index contributed by atoms with van der Waals surface area (Å²) in [6.07, 6.45) is 1.43. The Morgan fingerprint density at radius 3 is 2.45 bits per heavy atom. The van der Waals surface area contributed by atoms with Crippen LogP contribution < -0.4 is 19.5 Å². The third-order valence-electron chi connectivity index (χ3n) is 6.13. The van der Waals surface area contributed by atoms with Gasteiger partial charge in [-0.25, -0.2) is 13.4 Å². The monoisotopic (exact) mass is 542 g/mol. The van der Waals surface area contributed by atoms with E-state index in [9.17, 15) is 13.2 Å². The molecule has 3 heterocycles. The minimum atomic E-state index is -3.82. The molecular weight excluding hydrogens is 516 g/mol. The number of morpholine rings is 1. The van der Waals surface area contributed by atoms with Crippen LogP contribution in [0.25, 0.3) is 22.6 Å². The van der Waals surface area contributed by atoms with E-state index in [-0.39, 0.29) is 29.3 Å². The number of anilines is 1. The van der Waals surface area contributed by atoms with Crippen molar-refractivity contribution in [1.29, 1.82) is 0 Å². The van der Waals surface area contributed by atoms with Gasteiger partial charge >= 0.3 is 0 Å². The largest absolute Gasteiger partial charge is 0.496 e. The number of fused-ring (bicyclic) bond motifs is 1. The highest BCUT2D eigenvalue weighted by atomic mass is 32.2. The summed E-state index contributed by atoms with van der Waals surface area (Å²) in [6, 6.07) is 7.66. The number of carbonyl (C=O) groups excluding carboxylic acids is 1. The van der Waals surface area contributed by atoms with Crippen molar-refractivity contribution in [2.45, 2.75) is 4.90 Å². The van der Waals surface area contributed by atoms with Gasteiger partial charge in [0.05, 0.1) is 67.9 Å². The highest BCUT2D eigenvalue weighted by molar-refractivity contribution is 7.89. The summed E-state index contributed by atoms with van der Waals surface area (Å²) in [4.78, 5) is 21.1. The molecule has 0 aliphatic carbocycles. The second-order valence-electron chi connectivity index (χ2n) is 8.30. The predicted molar refractivity (Wildman–Crippen MR) is 137 cm³/mol. The van der Waals surface area contributed by atoms with Crippen LogP contribution >= 0.6 is 0 Å². The SMILES string of the molecule is COc1cc2nc(-c3[nH]ncc3NC(=O)c3cc(S(=O)(=O)N4CCOCC4)ccc3OC)[nH]c2cc1OC. The van der Waals surface area contributed by atoms with Gasteiger partial charge in [0, 0.05) is 25.2 Å². The van der Waals surface area contributed by atoms with Crippen molar-refractivity contribution >= 4 is 32.7 Å². The Hall–Kier alpha value is -4.14. The van der Waals surface area contributed by atoms with E-state index in [1.807, 2.05) is 0 Å². The molecule has 1 saturated heterocycles. The molecular formula is C24H26N6O7S. The van der Waals surface area contributed by atoms with Crippen LogP contribution in [0.15, 0.2) is 41.4 Å². The van der Waals surface area contributed by atoms with Crippen LogP contribution in [0.1, 0.15) is 10.4 Å². The number of ether oxygens (including phenoxy) is 4. The highest BCUT2D eigenvalue weighted by Gasteiger charge is 2.28. The maximum Gasteiger partial charge on any atom is 0.259 e. The number of hydrogen-bond donors (Lipinski definition) is 3. The summed E-state index contributed by atoms with van der Waals surface area (Å²) in [5.41, 5.74) is 2.10. The fourth-order valence-corrected chi connectivity index (χ4v) is 5.60. The number of benzene rings is 2. The first-order chi connectivity index (χ1) is 18.3. The van der Waals surface area contributed by atoms with Gasteiger partial charge in [0.2, 0.25) is 10.0 Å². The van der Waals surface area contributed by atoms with Crippen molar-refractivity contribution < 1.29 is 32.2 Å². The number of nitrogens with zero attached hydrogens (tertiary/aromatic N) is 3. The Bertz CT molecular complexity index is 1550. The second-order valence-corrected chi connectivity index (χ2v) is 10.2. The molecule has 1 fully saturated rings. The number of methoxy groups -OCH3 is 3. The molecule has 1 aliphatic heterocycles. The van der Waals surface area contributed by atoms with E-state index in [0.717, 1.165) is 0 Å². The number of rotatable bonds is 8. The quantitative estimate of drug-likeness (QED) is 0.303. The Morgan fingerprint density at radius 1 is 1.03 bits per heavy atom. The number of amides is 1. The number of hydrogen-bond acceptors (Lipinski definition) is 9. The normalized spacial score (nSPS) is 14.4. The van der Waals surface area contributed by atoms with Crippen molar-refractivity contribution in [3.05, 3.63) is 42.1 Å². The zero-order valence-electron chi connectivity index (χ0n) is 20.9. The summed E-state index contributed by atoms with van der Waals surface area (Å²) >= 11 is 0. The predicted octanol–water partition coefficient (Wildman–Crippen LogP) is 2.25. The first-order valence-corrected chi connectivity index (χ1v) is 13.0. The van der Waals surface area contributed by atoms with E-state index in [0.29, 0.717) is 53.0 Å². The summed E-state index contributed by atoms with van der Waals surface area (Å²) in [7, 11) is 0.664. The number of imidazole rings is 1. The molecule has 0 bridgehead atoms. The van der Waals surface area contributed by atoms with Crippen LogP contribution in [0.2, 0.25) is 0 Å². The first kappa shape index (κ1) is 25.5. The van der Waals surface area contributed by atoms with E-state index >= 15 is 0 Å². The van der Waals surface area contributed by atoms with Gasteiger partial charge in [-0.15, -0.1) is 0 Å². The highest BCUT2D eigenvalue weighted by Crippen LogP contribution is 2.34. The molecule has 2 aromatic carbocycles. The van der Waals surface area contributed by atoms with Crippen LogP contribution in [-0.2, 0) is 14.8 Å². The van der Waals surface area contributed by atoms with Crippen LogP contribution in [-0.4, -0.2) is 86.4 Å². The van der Waals surface area contributed by atoms with E-state index in [2.05, 4.69) is 25.5 Å². The average Bonchev–Trinajstić information content (AvgIpc) is 3.58. The van der Waals surface area contributed by atoms with Gasteiger partial charge in [-0.2, -0.15) is 9.40 Å². The van der Waals surface area contributed by atoms with Gasteiger partial charge in [0.1, 0.15) is 11.4 Å². The third-order valence-corrected chi connectivity index (χ3v) is 8.03. The smallest absolute Gasteiger partial charge is 0.259 e. The summed E-state index contributed by atoms with van der Waals surface area (Å²) < 4.78 is 48.9. The summed E-state index contributed by atoms with van der Waals surface area (Å²) in [5.74, 6) is 1.11. The lowest BCUT2D eigenvalue weighted by Crippen LogP contribution is -2.40. The molecule has 3 N–H and O–H groups in total. The lowest BCUT2D eigenvalue weighted by atomic mass is 10.2. The number of aromatic amines is 2. The fourth-order valence-electron chi connectivity index (χ4n) is 4.17. The van der Waals surface area contributed by atoms with Crippen molar-refractivity contribution in [3.8, 4) is 28.8 Å². The topological polar surface area (TPSA) is 161 Å². The van der Waals surface area contributed by atoms with Crippen LogP contribution in [0.5, 0.6) is 17.2 Å². The Labute approximate surface area is 218 Å². The molecule has 0 atom stereocenters. The van der Waals surface area contributed by atoms with Gasteiger partial charge in [-0.1, -0.05) is 0 Å². The van der Waals surface area contributed by atoms with Gasteiger partial charge in [-0.05, 0) is 18.2 Å². The molecule has 14 heteroatoms. The number of sulfonamides is 1. The number of carbonyl (C=O) groups is 1. The first-order valence-electron chi connectivity index (χ1n) is 11.6. The van der Waals surface area contributed by atoms with Gasteiger partial charge in [0.15, 0.2) is 17.3 Å². The van der Waals surface area contributed by atoms with E-state index < -0.39 is 15.9 Å². The zero-order valence-corrected chi connectivity index (χ0v) is 21.7. The van der Waals surface area contributed by atoms with Crippen molar-refractivity contribution in [3.63, 3.8) is 0 Å². The minimum absolute atomic E-state index is 0.0158. The average molecular weight is 543 g/mol. The molecule has 2 aromatic heterocycles. The zero-order chi connectivity index (χ0) is 26.9. The summed E-state index contributed by atoms with van der Waals surface area (Å²) in [5, 5.41) is 9.66. The maximum absolute atomic E-state index is 13.3. The molecule has 38 heavy (non-hydrogen) atoms. The van der Waals surface area contributed by atoms with Crippen molar-refractivity contribution in [2.75, 3.05) is 52.9 Å². The number of H-pyrrole nitrogens is 2. The van der Waals surface area contributed by atoms with E-state index in [1.54, 1.807) is 19.2 Å².